The van der Waals surface area contributed by atoms with Crippen LogP contribution < -0.4 is 9.47 Å². The van der Waals surface area contributed by atoms with E-state index in [2.05, 4.69) is 0 Å². The van der Waals surface area contributed by atoms with Crippen molar-refractivity contribution in [2.45, 2.75) is 4.71 Å². The van der Waals surface area contributed by atoms with Crippen LogP contribution in [0.5, 0.6) is 11.5 Å². The highest BCUT2D eigenvalue weighted by atomic mass is 35.5. The molecule has 0 aromatic heterocycles. The van der Waals surface area contributed by atoms with Crippen LogP contribution in [0.1, 0.15) is 10.4 Å². The Bertz CT molecular complexity index is 394. The Kier molecular flexibility index (Phi) is 3.07. The number of hydrogen-bond donors (Lipinski definition) is 0. The van der Waals surface area contributed by atoms with Crippen molar-refractivity contribution in [3.63, 3.8) is 0 Å². The molecule has 0 fully saturated rings. The Morgan fingerprint density at radius 3 is 2.93 bits per heavy atom. The first kappa shape index (κ1) is 10.6. The van der Waals surface area contributed by atoms with Gasteiger partial charge in [-0.25, -0.2) is 0 Å². The van der Waals surface area contributed by atoms with Crippen LogP contribution in [0.2, 0.25) is 0 Å². The number of ether oxygens (including phenoxy) is 2. The maximum atomic E-state index is 11.7. The number of alkyl halides is 1. The van der Waals surface area contributed by atoms with Gasteiger partial charge in [-0.05, 0) is 24.5 Å². The summed E-state index contributed by atoms with van der Waals surface area (Å²) >= 11 is 7.15. The molecule has 2 rings (SSSR count). The molecular formula is C10H9ClO3S. The number of rotatable bonds is 3. The van der Waals surface area contributed by atoms with Crippen LogP contribution in [0.25, 0.3) is 0 Å². The number of carbonyl (C=O) groups is 1. The Morgan fingerprint density at radius 2 is 2.20 bits per heavy atom. The molecule has 0 aliphatic carbocycles. The minimum Gasteiger partial charge on any atom is -0.454 e. The third-order valence-electron chi connectivity index (χ3n) is 2.07. The lowest BCUT2D eigenvalue weighted by molar-refractivity contribution is 0.101. The van der Waals surface area contributed by atoms with E-state index in [1.807, 2.05) is 0 Å². The highest BCUT2D eigenvalue weighted by Gasteiger charge is 2.20. The lowest BCUT2D eigenvalue weighted by Crippen LogP contribution is -2.10. The average molecular weight is 245 g/mol. The Labute approximate surface area is 96.7 Å². The molecule has 1 aliphatic heterocycles. The van der Waals surface area contributed by atoms with Gasteiger partial charge in [0.05, 0.1) is 0 Å². The molecule has 0 saturated carbocycles. The largest absolute Gasteiger partial charge is 0.454 e. The molecule has 3 nitrogen and oxygen atoms in total. The molecule has 1 unspecified atom stereocenters. The fourth-order valence-corrected chi connectivity index (χ4v) is 1.76. The highest BCUT2D eigenvalue weighted by Crippen LogP contribution is 2.33. The van der Waals surface area contributed by atoms with E-state index in [0.29, 0.717) is 17.1 Å². The van der Waals surface area contributed by atoms with Crippen molar-refractivity contribution in [1.82, 2.24) is 0 Å². The summed E-state index contributed by atoms with van der Waals surface area (Å²) in [5, 5.41) is 0. The number of halogens is 1. The van der Waals surface area contributed by atoms with Crippen molar-refractivity contribution in [3.05, 3.63) is 23.8 Å². The zero-order valence-electron chi connectivity index (χ0n) is 8.03. The van der Waals surface area contributed by atoms with Crippen LogP contribution in [0.4, 0.5) is 0 Å². The van der Waals surface area contributed by atoms with Gasteiger partial charge in [-0.3, -0.25) is 4.79 Å². The predicted octanol–water partition coefficient (Wildman–Crippen LogP) is 2.53. The monoisotopic (exact) mass is 244 g/mol. The summed E-state index contributed by atoms with van der Waals surface area (Å²) in [4.78, 5) is 11.7. The van der Waals surface area contributed by atoms with E-state index in [0.717, 1.165) is 0 Å². The molecule has 0 amide bonds. The molecule has 5 heteroatoms. The molecule has 0 saturated heterocycles. The first-order valence-electron chi connectivity index (χ1n) is 4.33. The molecule has 0 spiro atoms. The number of ketones is 1. The predicted molar refractivity (Wildman–Crippen MR) is 60.1 cm³/mol. The number of fused-ring (bicyclic) bond motifs is 1. The van der Waals surface area contributed by atoms with Crippen molar-refractivity contribution < 1.29 is 14.3 Å². The molecule has 80 valence electrons. The van der Waals surface area contributed by atoms with Gasteiger partial charge in [0.15, 0.2) is 17.3 Å². The fraction of sp³-hybridized carbons (Fsp3) is 0.300. The van der Waals surface area contributed by atoms with E-state index in [9.17, 15) is 4.79 Å². The lowest BCUT2D eigenvalue weighted by Gasteiger charge is -2.05. The normalized spacial score (nSPS) is 15.1. The minimum absolute atomic E-state index is 0.109. The SMILES string of the molecule is CSC(Cl)C(=O)c1ccc2c(c1)OCO2. The number of thioether (sulfide) groups is 1. The van der Waals surface area contributed by atoms with E-state index in [-0.39, 0.29) is 12.6 Å². The summed E-state index contributed by atoms with van der Waals surface area (Å²) in [6.45, 7) is 0.208. The number of carbonyl (C=O) groups excluding carboxylic acids is 1. The summed E-state index contributed by atoms with van der Waals surface area (Å²) in [7, 11) is 0. The standard InChI is InChI=1S/C10H9ClO3S/c1-15-10(11)9(12)6-2-3-7-8(4-6)14-5-13-7/h2-4,10H,5H2,1H3. The minimum atomic E-state index is -0.551. The molecule has 0 radical (unpaired) electrons. The summed E-state index contributed by atoms with van der Waals surface area (Å²) in [5.41, 5.74) is 0.550. The smallest absolute Gasteiger partial charge is 0.231 e. The molecule has 15 heavy (non-hydrogen) atoms. The number of benzene rings is 1. The van der Waals surface area contributed by atoms with Gasteiger partial charge in [-0.15, -0.1) is 23.4 Å². The van der Waals surface area contributed by atoms with Gasteiger partial charge in [0.2, 0.25) is 6.79 Å². The summed E-state index contributed by atoms with van der Waals surface area (Å²) in [6, 6.07) is 5.08. The second-order valence-electron chi connectivity index (χ2n) is 2.98. The van der Waals surface area contributed by atoms with Crippen LogP contribution >= 0.6 is 23.4 Å². The van der Waals surface area contributed by atoms with Gasteiger partial charge in [0.25, 0.3) is 0 Å². The van der Waals surface area contributed by atoms with Gasteiger partial charge in [0.1, 0.15) is 4.71 Å². The van der Waals surface area contributed by atoms with E-state index in [4.69, 9.17) is 21.1 Å². The van der Waals surface area contributed by atoms with Gasteiger partial charge in [-0.1, -0.05) is 0 Å². The van der Waals surface area contributed by atoms with Crippen LogP contribution in [-0.4, -0.2) is 23.5 Å². The van der Waals surface area contributed by atoms with Crippen molar-refractivity contribution in [2.24, 2.45) is 0 Å². The maximum Gasteiger partial charge on any atom is 0.231 e. The first-order valence-corrected chi connectivity index (χ1v) is 6.05. The quantitative estimate of drug-likeness (QED) is 0.605. The molecule has 1 heterocycles. The van der Waals surface area contributed by atoms with Gasteiger partial charge < -0.3 is 9.47 Å². The summed E-state index contributed by atoms with van der Waals surface area (Å²) in [5.74, 6) is 1.16. The molecule has 1 atom stereocenters. The van der Waals surface area contributed by atoms with E-state index >= 15 is 0 Å². The molecular weight excluding hydrogens is 236 g/mol. The zero-order valence-corrected chi connectivity index (χ0v) is 9.60. The van der Waals surface area contributed by atoms with Crippen molar-refractivity contribution in [1.29, 1.82) is 0 Å². The Balaban J connectivity index is 2.26. The van der Waals surface area contributed by atoms with Gasteiger partial charge in [-0.2, -0.15) is 0 Å². The van der Waals surface area contributed by atoms with E-state index in [1.54, 1.807) is 24.5 Å². The molecule has 1 aromatic rings. The van der Waals surface area contributed by atoms with Gasteiger partial charge in [0, 0.05) is 5.56 Å². The van der Waals surface area contributed by atoms with E-state index < -0.39 is 4.71 Å². The number of Topliss-reactive ketones (excluding diaryl/α,β-unsaturated/α-hetero) is 1. The third kappa shape index (κ3) is 2.06. The van der Waals surface area contributed by atoms with Crippen LogP contribution in [0.3, 0.4) is 0 Å². The van der Waals surface area contributed by atoms with E-state index in [1.165, 1.54) is 11.8 Å². The zero-order chi connectivity index (χ0) is 10.8. The fourth-order valence-electron chi connectivity index (χ4n) is 1.29. The summed E-state index contributed by atoms with van der Waals surface area (Å²) in [6.07, 6.45) is 1.79. The Morgan fingerprint density at radius 1 is 1.47 bits per heavy atom. The van der Waals surface area contributed by atoms with Crippen molar-refractivity contribution in [2.75, 3.05) is 13.0 Å². The van der Waals surface area contributed by atoms with Gasteiger partial charge >= 0.3 is 0 Å². The molecule has 1 aliphatic rings. The molecule has 0 bridgehead atoms. The highest BCUT2D eigenvalue weighted by molar-refractivity contribution is 8.01. The number of hydrogen-bond acceptors (Lipinski definition) is 4. The van der Waals surface area contributed by atoms with Crippen LogP contribution in [-0.2, 0) is 0 Å². The van der Waals surface area contributed by atoms with Crippen molar-refractivity contribution >= 4 is 29.1 Å². The van der Waals surface area contributed by atoms with Crippen LogP contribution in [0, 0.1) is 0 Å². The summed E-state index contributed by atoms with van der Waals surface area (Å²) < 4.78 is 9.78. The van der Waals surface area contributed by atoms with Crippen molar-refractivity contribution in [3.8, 4) is 11.5 Å². The lowest BCUT2D eigenvalue weighted by atomic mass is 10.1. The van der Waals surface area contributed by atoms with Crippen LogP contribution in [0.15, 0.2) is 18.2 Å². The first-order chi connectivity index (χ1) is 7.22. The second-order valence-corrected chi connectivity index (χ2v) is 4.62. The topological polar surface area (TPSA) is 35.5 Å². The third-order valence-corrected chi connectivity index (χ3v) is 3.43. The maximum absolute atomic E-state index is 11.7. The molecule has 0 N–H and O–H groups in total. The average Bonchev–Trinajstić information content (AvgIpc) is 2.73. The second kappa shape index (κ2) is 4.33. The Hall–Kier alpha value is -0.870. The molecule has 1 aromatic carbocycles.